The van der Waals surface area contributed by atoms with Gasteiger partial charge in [0.25, 0.3) is 0 Å². The molecule has 134 valence electrons. The van der Waals surface area contributed by atoms with Crippen molar-refractivity contribution in [2.75, 3.05) is 6.61 Å². The Balaban J connectivity index is 1.46. The van der Waals surface area contributed by atoms with Gasteiger partial charge >= 0.3 is 0 Å². The number of aliphatic hydroxyl groups is 1. The van der Waals surface area contributed by atoms with Gasteiger partial charge in [-0.1, -0.05) is 22.9 Å². The number of nitrogens with zero attached hydrogens (tertiary/aromatic N) is 4. The normalized spacial score (nSPS) is 27.9. The summed E-state index contributed by atoms with van der Waals surface area (Å²) in [5.74, 6) is 0. The van der Waals surface area contributed by atoms with E-state index in [1.165, 1.54) is 0 Å². The minimum atomic E-state index is -1.26. The number of rotatable bonds is 3. The molecule has 1 N–H and O–H groups in total. The molecule has 0 spiro atoms. The fraction of sp³-hybridized carbons (Fsp3) is 0.389. The molecule has 1 unspecified atom stereocenters. The number of ether oxygens (including phenoxy) is 2. The van der Waals surface area contributed by atoms with Crippen molar-refractivity contribution < 1.29 is 14.6 Å². The molecule has 1 aromatic carbocycles. The molecule has 2 fully saturated rings. The minimum absolute atomic E-state index is 0.0711. The van der Waals surface area contributed by atoms with Gasteiger partial charge in [-0.05, 0) is 36.6 Å². The lowest BCUT2D eigenvalue weighted by molar-refractivity contribution is -0.219. The van der Waals surface area contributed by atoms with E-state index in [-0.39, 0.29) is 6.10 Å². The van der Waals surface area contributed by atoms with Crippen molar-refractivity contribution in [1.82, 2.24) is 20.0 Å². The van der Waals surface area contributed by atoms with Crippen molar-refractivity contribution in [3.8, 4) is 0 Å². The summed E-state index contributed by atoms with van der Waals surface area (Å²) >= 11 is 6.26. The Morgan fingerprint density at radius 1 is 1.35 bits per heavy atom. The third kappa shape index (κ3) is 2.51. The molecule has 0 radical (unpaired) electrons. The summed E-state index contributed by atoms with van der Waals surface area (Å²) < 4.78 is 12.9. The van der Waals surface area contributed by atoms with Crippen LogP contribution in [0, 0.1) is 0 Å². The highest BCUT2D eigenvalue weighted by atomic mass is 35.5. The van der Waals surface area contributed by atoms with Gasteiger partial charge in [-0.2, -0.15) is 0 Å². The van der Waals surface area contributed by atoms with Gasteiger partial charge in [-0.25, -0.2) is 4.68 Å². The van der Waals surface area contributed by atoms with E-state index >= 15 is 0 Å². The number of pyridine rings is 1. The molecule has 2 aromatic heterocycles. The van der Waals surface area contributed by atoms with Crippen LogP contribution >= 0.6 is 11.6 Å². The Bertz CT molecular complexity index is 978. The first-order chi connectivity index (χ1) is 12.6. The zero-order chi connectivity index (χ0) is 17.7. The quantitative estimate of drug-likeness (QED) is 0.759. The summed E-state index contributed by atoms with van der Waals surface area (Å²) in [4.78, 5) is 4.44. The van der Waals surface area contributed by atoms with Gasteiger partial charge < -0.3 is 14.6 Å². The van der Waals surface area contributed by atoms with Crippen molar-refractivity contribution in [1.29, 1.82) is 0 Å². The topological polar surface area (TPSA) is 82.3 Å². The van der Waals surface area contributed by atoms with Gasteiger partial charge in [0.1, 0.15) is 5.69 Å². The second-order valence-electron chi connectivity index (χ2n) is 6.79. The lowest BCUT2D eigenvalue weighted by atomic mass is 9.90. The van der Waals surface area contributed by atoms with Crippen molar-refractivity contribution in [2.45, 2.75) is 37.4 Å². The molecule has 2 bridgehead atoms. The summed E-state index contributed by atoms with van der Waals surface area (Å²) in [7, 11) is 0. The fourth-order valence-electron chi connectivity index (χ4n) is 3.67. The monoisotopic (exact) mass is 372 g/mol. The Morgan fingerprint density at radius 2 is 2.27 bits per heavy atom. The van der Waals surface area contributed by atoms with Crippen LogP contribution in [-0.4, -0.2) is 44.1 Å². The van der Waals surface area contributed by atoms with Crippen LogP contribution in [0.3, 0.4) is 0 Å². The van der Waals surface area contributed by atoms with E-state index in [1.54, 1.807) is 17.1 Å². The van der Waals surface area contributed by atoms with Crippen LogP contribution in [0.5, 0.6) is 0 Å². The van der Waals surface area contributed by atoms with Crippen molar-refractivity contribution in [2.24, 2.45) is 0 Å². The van der Waals surface area contributed by atoms with Crippen LogP contribution in [-0.2, 0) is 21.6 Å². The maximum absolute atomic E-state index is 11.0. The first kappa shape index (κ1) is 16.1. The number of halogens is 1. The van der Waals surface area contributed by atoms with Crippen molar-refractivity contribution in [3.63, 3.8) is 0 Å². The lowest BCUT2D eigenvalue weighted by Crippen LogP contribution is -2.44. The minimum Gasteiger partial charge on any atom is -0.378 e. The number of fused-ring (bicyclic) bond motifs is 3. The number of hydrogen-bond donors (Lipinski definition) is 1. The van der Waals surface area contributed by atoms with E-state index in [4.69, 9.17) is 21.1 Å². The second kappa shape index (κ2) is 5.99. The van der Waals surface area contributed by atoms with Gasteiger partial charge in [0, 0.05) is 16.6 Å². The van der Waals surface area contributed by atoms with Crippen LogP contribution in [0.15, 0.2) is 36.7 Å². The molecule has 0 saturated carbocycles. The molecule has 5 rings (SSSR count). The molecule has 3 atom stereocenters. The predicted octanol–water partition coefficient (Wildman–Crippen LogP) is 2.25. The Labute approximate surface area is 154 Å². The van der Waals surface area contributed by atoms with Crippen LogP contribution in [0.25, 0.3) is 10.9 Å². The molecule has 0 amide bonds. The molecular formula is C18H17ClN4O3. The molecule has 4 heterocycles. The molecule has 7 nitrogen and oxygen atoms in total. The molecule has 26 heavy (non-hydrogen) atoms. The number of benzene rings is 1. The zero-order valence-corrected chi connectivity index (χ0v) is 14.6. The number of hydrogen-bond acceptors (Lipinski definition) is 6. The average Bonchev–Trinajstić information content (AvgIpc) is 3.30. The largest absolute Gasteiger partial charge is 0.378 e. The summed E-state index contributed by atoms with van der Waals surface area (Å²) in [5.41, 5.74) is 1.02. The SMILES string of the molecule is OC1(c2cn(Cc3ccc(Cl)c4cccnc34)nn2)CC[C@H]2CO[C@@H]1O2. The van der Waals surface area contributed by atoms with Crippen molar-refractivity contribution >= 4 is 22.5 Å². The third-order valence-corrected chi connectivity index (χ3v) is 5.43. The van der Waals surface area contributed by atoms with Gasteiger partial charge in [0.05, 0.1) is 31.0 Å². The molecule has 3 aromatic rings. The van der Waals surface area contributed by atoms with Crippen LogP contribution < -0.4 is 0 Å². The summed E-state index contributed by atoms with van der Waals surface area (Å²) in [6.07, 6.45) is 4.17. The summed E-state index contributed by atoms with van der Waals surface area (Å²) in [5, 5.41) is 20.9. The highest BCUT2D eigenvalue weighted by Crippen LogP contribution is 2.40. The van der Waals surface area contributed by atoms with E-state index in [2.05, 4.69) is 15.3 Å². The Morgan fingerprint density at radius 3 is 3.19 bits per heavy atom. The molecule has 0 aliphatic carbocycles. The maximum Gasteiger partial charge on any atom is 0.192 e. The first-order valence-electron chi connectivity index (χ1n) is 8.56. The third-order valence-electron chi connectivity index (χ3n) is 5.10. The molecule has 2 aliphatic heterocycles. The number of aromatic nitrogens is 4. The lowest BCUT2D eigenvalue weighted by Gasteiger charge is -2.34. The van der Waals surface area contributed by atoms with E-state index in [1.807, 2.05) is 24.3 Å². The Kier molecular flexibility index (Phi) is 3.72. The predicted molar refractivity (Wildman–Crippen MR) is 93.6 cm³/mol. The maximum atomic E-state index is 11.0. The highest BCUT2D eigenvalue weighted by Gasteiger charge is 2.51. The molecule has 8 heteroatoms. The smallest absolute Gasteiger partial charge is 0.192 e. The van der Waals surface area contributed by atoms with Gasteiger partial charge in [0.2, 0.25) is 0 Å². The van der Waals surface area contributed by atoms with E-state index in [0.29, 0.717) is 30.3 Å². The van der Waals surface area contributed by atoms with Crippen LogP contribution in [0.1, 0.15) is 24.1 Å². The van der Waals surface area contributed by atoms with Crippen molar-refractivity contribution in [3.05, 3.63) is 52.9 Å². The molecule has 2 aliphatic rings. The zero-order valence-electron chi connectivity index (χ0n) is 13.9. The van der Waals surface area contributed by atoms with Gasteiger partial charge in [-0.3, -0.25) is 4.98 Å². The molecule has 2 saturated heterocycles. The van der Waals surface area contributed by atoms with E-state index in [9.17, 15) is 5.11 Å². The van der Waals surface area contributed by atoms with Gasteiger partial charge in [0.15, 0.2) is 11.9 Å². The molecular weight excluding hydrogens is 356 g/mol. The standard InChI is InChI=1S/C18H17ClN4O3/c19-14-4-3-11(16-13(14)2-1-7-20-16)8-23-9-15(21-22-23)18(24)6-5-12-10-25-17(18)26-12/h1-4,7,9,12,17,24H,5-6,8,10H2/t12-,17+,18?/m0/s1. The summed E-state index contributed by atoms with van der Waals surface area (Å²) in [6, 6.07) is 7.59. The van der Waals surface area contributed by atoms with E-state index < -0.39 is 11.9 Å². The Hall–Kier alpha value is -2.06. The average molecular weight is 373 g/mol. The highest BCUT2D eigenvalue weighted by molar-refractivity contribution is 6.35. The first-order valence-corrected chi connectivity index (χ1v) is 8.93. The fourth-order valence-corrected chi connectivity index (χ4v) is 3.89. The van der Waals surface area contributed by atoms with E-state index in [0.717, 1.165) is 22.9 Å². The van der Waals surface area contributed by atoms with Gasteiger partial charge in [-0.15, -0.1) is 5.10 Å². The summed E-state index contributed by atoms with van der Waals surface area (Å²) in [6.45, 7) is 0.992. The second-order valence-corrected chi connectivity index (χ2v) is 7.20. The van der Waals surface area contributed by atoms with Crippen LogP contribution in [0.4, 0.5) is 0 Å². The van der Waals surface area contributed by atoms with Crippen LogP contribution in [0.2, 0.25) is 5.02 Å².